The van der Waals surface area contributed by atoms with Gasteiger partial charge in [-0.05, 0) is 17.5 Å². The minimum Gasteiger partial charge on any atom is -0.471 e. The van der Waals surface area contributed by atoms with Crippen LogP contribution in [0, 0.1) is 10.8 Å². The standard InChI is InChI=1S/C33H39BrN4O9/c1-32(2,3)27(37-31(42)44-16-33(4,5)15-39)29(40)38-14-20(11-23(38)30(41)43-6)47-28-26(18-8-7-9-19(34)10-18)35-21-12-24-25(46-17-45-24)13-22(21)36-28/h7-10,12-13,20,23,27,39H,11,14-17H2,1-6H3,(H,37,42)/t20-,23+,27-/m1/s1. The molecule has 3 atom stereocenters. The van der Waals surface area contributed by atoms with E-state index in [1.807, 2.05) is 24.3 Å². The molecule has 1 fully saturated rings. The minimum atomic E-state index is -1.06. The summed E-state index contributed by atoms with van der Waals surface area (Å²) in [5.74, 6) is 0.193. The van der Waals surface area contributed by atoms with Crippen molar-refractivity contribution in [1.29, 1.82) is 0 Å². The number of nitrogens with zero attached hydrogens (tertiary/aromatic N) is 3. The van der Waals surface area contributed by atoms with Gasteiger partial charge < -0.3 is 39.0 Å². The lowest BCUT2D eigenvalue weighted by atomic mass is 9.85. The van der Waals surface area contributed by atoms with Gasteiger partial charge in [0.1, 0.15) is 30.5 Å². The topological polar surface area (TPSA) is 159 Å². The fourth-order valence-electron chi connectivity index (χ4n) is 5.26. The molecule has 13 nitrogen and oxygen atoms in total. The lowest BCUT2D eigenvalue weighted by Crippen LogP contribution is -2.57. The number of methoxy groups -OCH3 is 1. The molecule has 0 bridgehead atoms. The molecule has 0 radical (unpaired) electrons. The molecular formula is C33H39BrN4O9. The van der Waals surface area contributed by atoms with Crippen LogP contribution in [0.2, 0.25) is 0 Å². The van der Waals surface area contributed by atoms with Crippen molar-refractivity contribution in [3.63, 3.8) is 0 Å². The van der Waals surface area contributed by atoms with Crippen molar-refractivity contribution in [3.05, 3.63) is 40.9 Å². The molecule has 1 aromatic heterocycles. The number of halogens is 1. The lowest BCUT2D eigenvalue weighted by Gasteiger charge is -2.35. The zero-order valence-corrected chi connectivity index (χ0v) is 28.8. The van der Waals surface area contributed by atoms with E-state index in [0.717, 1.165) is 10.0 Å². The van der Waals surface area contributed by atoms with Crippen molar-refractivity contribution < 1.29 is 43.2 Å². The second-order valence-corrected chi connectivity index (χ2v) is 14.3. The van der Waals surface area contributed by atoms with Gasteiger partial charge in [-0.2, -0.15) is 0 Å². The number of hydrogen-bond acceptors (Lipinski definition) is 11. The summed E-state index contributed by atoms with van der Waals surface area (Å²) >= 11 is 3.52. The summed E-state index contributed by atoms with van der Waals surface area (Å²) in [5.41, 5.74) is 0.858. The number of carbonyl (C=O) groups is 3. The summed E-state index contributed by atoms with van der Waals surface area (Å²) < 4.78 is 28.8. The highest BCUT2D eigenvalue weighted by Gasteiger charge is 2.46. The zero-order chi connectivity index (χ0) is 34.1. The van der Waals surface area contributed by atoms with Crippen LogP contribution in [-0.4, -0.2) is 89.8 Å². The van der Waals surface area contributed by atoms with E-state index in [4.69, 9.17) is 33.7 Å². The SMILES string of the molecule is COC(=O)[C@@H]1C[C@@H](Oc2nc3cc4c(cc3nc2-c2cccc(Br)c2)OCO4)CN1C(=O)[C@@H](NC(=O)OCC(C)(C)CO)C(C)(C)C. The van der Waals surface area contributed by atoms with Crippen molar-refractivity contribution in [2.24, 2.45) is 10.8 Å². The van der Waals surface area contributed by atoms with Crippen LogP contribution in [-0.2, 0) is 19.1 Å². The number of esters is 1. The highest BCUT2D eigenvalue weighted by atomic mass is 79.9. The van der Waals surface area contributed by atoms with Gasteiger partial charge in [-0.3, -0.25) is 4.79 Å². The quantitative estimate of drug-likeness (QED) is 0.301. The number of nitrogens with one attached hydrogen (secondary N) is 1. The average molecular weight is 716 g/mol. The van der Waals surface area contributed by atoms with E-state index in [-0.39, 0.29) is 38.9 Å². The number of rotatable bonds is 9. The Labute approximate surface area is 281 Å². The summed E-state index contributed by atoms with van der Waals surface area (Å²) in [6.45, 7) is 8.74. The van der Waals surface area contributed by atoms with Crippen LogP contribution in [0.15, 0.2) is 40.9 Å². The number of amides is 2. The smallest absolute Gasteiger partial charge is 0.407 e. The molecule has 0 unspecified atom stereocenters. The molecule has 2 aliphatic rings. The van der Waals surface area contributed by atoms with Crippen LogP contribution in [0.3, 0.4) is 0 Å². The zero-order valence-electron chi connectivity index (χ0n) is 27.2. The molecule has 47 heavy (non-hydrogen) atoms. The van der Waals surface area contributed by atoms with Gasteiger partial charge in [-0.25, -0.2) is 19.6 Å². The Kier molecular flexibility index (Phi) is 9.83. The number of aliphatic hydroxyl groups is 1. The normalized spacial score (nSPS) is 18.2. The maximum atomic E-state index is 14.1. The van der Waals surface area contributed by atoms with Crippen molar-refractivity contribution in [3.8, 4) is 28.6 Å². The van der Waals surface area contributed by atoms with E-state index in [1.54, 1.807) is 46.8 Å². The Morgan fingerprint density at radius 3 is 2.38 bits per heavy atom. The maximum Gasteiger partial charge on any atom is 0.407 e. The summed E-state index contributed by atoms with van der Waals surface area (Å²) in [4.78, 5) is 51.0. The third-order valence-corrected chi connectivity index (χ3v) is 8.41. The van der Waals surface area contributed by atoms with Crippen LogP contribution in [0.25, 0.3) is 22.3 Å². The Balaban J connectivity index is 1.44. The van der Waals surface area contributed by atoms with Crippen LogP contribution in [0.5, 0.6) is 17.4 Å². The molecule has 2 N–H and O–H groups in total. The summed E-state index contributed by atoms with van der Waals surface area (Å²) in [7, 11) is 1.25. The van der Waals surface area contributed by atoms with Gasteiger partial charge in [-0.15, -0.1) is 0 Å². The van der Waals surface area contributed by atoms with Gasteiger partial charge in [-0.1, -0.05) is 62.7 Å². The van der Waals surface area contributed by atoms with Gasteiger partial charge in [0.15, 0.2) is 11.5 Å². The molecule has 5 rings (SSSR count). The van der Waals surface area contributed by atoms with Crippen molar-refractivity contribution in [2.75, 3.05) is 33.7 Å². The number of alkyl carbamates (subject to hydrolysis) is 1. The second-order valence-electron chi connectivity index (χ2n) is 13.4. The Morgan fingerprint density at radius 1 is 1.09 bits per heavy atom. The molecule has 0 saturated carbocycles. The van der Waals surface area contributed by atoms with Crippen LogP contribution in [0.4, 0.5) is 4.79 Å². The van der Waals surface area contributed by atoms with Gasteiger partial charge in [0.2, 0.25) is 18.6 Å². The third-order valence-electron chi connectivity index (χ3n) is 7.92. The van der Waals surface area contributed by atoms with E-state index in [1.165, 1.54) is 12.0 Å². The summed E-state index contributed by atoms with van der Waals surface area (Å²) in [6.07, 6.45) is -1.37. The molecule has 0 spiro atoms. The molecule has 252 valence electrons. The van der Waals surface area contributed by atoms with Gasteiger partial charge in [0.05, 0.1) is 31.3 Å². The van der Waals surface area contributed by atoms with Gasteiger partial charge in [0, 0.05) is 34.0 Å². The fraction of sp³-hybridized carbons (Fsp3) is 0.485. The van der Waals surface area contributed by atoms with E-state index in [9.17, 15) is 19.5 Å². The second kappa shape index (κ2) is 13.5. The molecule has 14 heteroatoms. The van der Waals surface area contributed by atoms with Crippen molar-refractivity contribution in [1.82, 2.24) is 20.2 Å². The van der Waals surface area contributed by atoms with Crippen LogP contribution >= 0.6 is 15.9 Å². The third kappa shape index (κ3) is 7.70. The first-order chi connectivity index (χ1) is 22.2. The van der Waals surface area contributed by atoms with Crippen molar-refractivity contribution in [2.45, 2.75) is 59.2 Å². The fourth-order valence-corrected chi connectivity index (χ4v) is 5.66. The molecule has 1 saturated heterocycles. The predicted molar refractivity (Wildman–Crippen MR) is 174 cm³/mol. The van der Waals surface area contributed by atoms with Gasteiger partial charge in [0.25, 0.3) is 0 Å². The Bertz CT molecular complexity index is 1680. The lowest BCUT2D eigenvalue weighted by molar-refractivity contribution is -0.152. The monoisotopic (exact) mass is 714 g/mol. The molecule has 0 aliphatic carbocycles. The van der Waals surface area contributed by atoms with E-state index < -0.39 is 47.0 Å². The first kappa shape index (κ1) is 34.2. The molecule has 2 aromatic carbocycles. The van der Waals surface area contributed by atoms with Crippen LogP contribution < -0.4 is 19.5 Å². The Hall–Kier alpha value is -4.17. The molecule has 2 amide bonds. The average Bonchev–Trinajstić information content (AvgIpc) is 3.67. The number of carbonyl (C=O) groups excluding carboxylic acids is 3. The number of ether oxygens (including phenoxy) is 5. The molecule has 3 heterocycles. The number of aromatic nitrogens is 2. The van der Waals surface area contributed by atoms with Crippen molar-refractivity contribution >= 4 is 44.9 Å². The largest absolute Gasteiger partial charge is 0.471 e. The number of fused-ring (bicyclic) bond motifs is 2. The van der Waals surface area contributed by atoms with Gasteiger partial charge >= 0.3 is 12.1 Å². The molecular weight excluding hydrogens is 676 g/mol. The first-order valence-corrected chi connectivity index (χ1v) is 15.9. The number of benzene rings is 2. The van der Waals surface area contributed by atoms with E-state index in [2.05, 4.69) is 21.2 Å². The minimum absolute atomic E-state index is 0.0121. The molecule has 2 aliphatic heterocycles. The van der Waals surface area contributed by atoms with Crippen LogP contribution in [0.1, 0.15) is 41.0 Å². The number of aliphatic hydroxyl groups excluding tert-OH is 1. The summed E-state index contributed by atoms with van der Waals surface area (Å²) in [5, 5.41) is 12.2. The molecule has 3 aromatic rings. The van der Waals surface area contributed by atoms with E-state index >= 15 is 0 Å². The van der Waals surface area contributed by atoms with E-state index in [0.29, 0.717) is 28.2 Å². The number of likely N-dealkylation sites (tertiary alicyclic amines) is 1. The Morgan fingerprint density at radius 2 is 1.77 bits per heavy atom. The number of hydrogen-bond donors (Lipinski definition) is 2. The highest BCUT2D eigenvalue weighted by molar-refractivity contribution is 9.10. The first-order valence-electron chi connectivity index (χ1n) is 15.2. The maximum absolute atomic E-state index is 14.1. The summed E-state index contributed by atoms with van der Waals surface area (Å²) in [6, 6.07) is 8.97. The predicted octanol–water partition coefficient (Wildman–Crippen LogP) is 4.47. The highest BCUT2D eigenvalue weighted by Crippen LogP contribution is 2.39.